The molecule has 0 heterocycles. The van der Waals surface area contributed by atoms with Gasteiger partial charge in [-0.15, -0.1) is 0 Å². The Bertz CT molecular complexity index is 340. The van der Waals surface area contributed by atoms with Crippen LogP contribution in [0.3, 0.4) is 0 Å². The highest BCUT2D eigenvalue weighted by molar-refractivity contribution is 5.27. The average molecular weight is 219 g/mol. The van der Waals surface area contributed by atoms with Gasteiger partial charge in [0.25, 0.3) is 0 Å². The predicted molar refractivity (Wildman–Crippen MR) is 66.6 cm³/mol. The molecule has 16 heavy (non-hydrogen) atoms. The van der Waals surface area contributed by atoms with Gasteiger partial charge in [0.05, 0.1) is 0 Å². The van der Waals surface area contributed by atoms with E-state index >= 15 is 0 Å². The van der Waals surface area contributed by atoms with Crippen molar-refractivity contribution in [2.45, 2.75) is 39.2 Å². The quantitative estimate of drug-likeness (QED) is 0.798. The van der Waals surface area contributed by atoms with Crippen molar-refractivity contribution in [2.24, 2.45) is 5.41 Å². The van der Waals surface area contributed by atoms with Crippen molar-refractivity contribution in [3.05, 3.63) is 29.8 Å². The molecule has 2 rings (SSSR count). The minimum Gasteiger partial charge on any atom is -0.508 e. The Hall–Kier alpha value is -1.02. The summed E-state index contributed by atoms with van der Waals surface area (Å²) in [5.41, 5.74) is 1.80. The fourth-order valence-electron chi connectivity index (χ4n) is 2.22. The van der Waals surface area contributed by atoms with E-state index in [1.54, 1.807) is 12.1 Å². The number of likely N-dealkylation sites (N-methyl/N-ethyl adjacent to an activating group) is 1. The molecule has 1 atom stereocenters. The molecule has 0 aromatic heterocycles. The largest absolute Gasteiger partial charge is 0.508 e. The van der Waals surface area contributed by atoms with Gasteiger partial charge in [0.2, 0.25) is 0 Å². The molecule has 1 fully saturated rings. The van der Waals surface area contributed by atoms with Crippen molar-refractivity contribution < 1.29 is 5.11 Å². The highest BCUT2D eigenvalue weighted by atomic mass is 16.3. The summed E-state index contributed by atoms with van der Waals surface area (Å²) in [7, 11) is 0. The van der Waals surface area contributed by atoms with Crippen LogP contribution in [0.1, 0.15) is 32.3 Å². The summed E-state index contributed by atoms with van der Waals surface area (Å²) in [4.78, 5) is 0. The summed E-state index contributed by atoms with van der Waals surface area (Å²) < 4.78 is 0. The summed E-state index contributed by atoms with van der Waals surface area (Å²) in [6.45, 7) is 5.55. The van der Waals surface area contributed by atoms with E-state index in [4.69, 9.17) is 0 Å². The molecule has 2 heteroatoms. The molecule has 2 N–H and O–H groups in total. The second-order valence-corrected chi connectivity index (χ2v) is 5.13. The zero-order valence-electron chi connectivity index (χ0n) is 10.2. The summed E-state index contributed by atoms with van der Waals surface area (Å²) >= 11 is 0. The number of aromatic hydroxyl groups is 1. The number of benzene rings is 1. The topological polar surface area (TPSA) is 32.3 Å². The van der Waals surface area contributed by atoms with Gasteiger partial charge in [-0.25, -0.2) is 0 Å². The SMILES string of the molecule is CCNC(Cc1ccc(O)cc1)C1(C)CC1. The Balaban J connectivity index is 2.02. The molecule has 0 bridgehead atoms. The Morgan fingerprint density at radius 2 is 1.94 bits per heavy atom. The molecule has 0 saturated heterocycles. The summed E-state index contributed by atoms with van der Waals surface area (Å²) in [5, 5.41) is 12.8. The van der Waals surface area contributed by atoms with E-state index in [1.807, 2.05) is 12.1 Å². The van der Waals surface area contributed by atoms with E-state index in [0.29, 0.717) is 17.2 Å². The van der Waals surface area contributed by atoms with Gasteiger partial charge in [-0.2, -0.15) is 0 Å². The van der Waals surface area contributed by atoms with Crippen molar-refractivity contribution in [2.75, 3.05) is 6.54 Å². The maximum atomic E-state index is 9.25. The molecule has 0 aliphatic heterocycles. The minimum absolute atomic E-state index is 0.349. The van der Waals surface area contributed by atoms with Gasteiger partial charge in [-0.3, -0.25) is 0 Å². The van der Waals surface area contributed by atoms with Crippen LogP contribution >= 0.6 is 0 Å². The predicted octanol–water partition coefficient (Wildman–Crippen LogP) is 2.71. The van der Waals surface area contributed by atoms with Gasteiger partial charge in [-0.05, 0) is 48.9 Å². The number of rotatable bonds is 5. The first-order valence-corrected chi connectivity index (χ1v) is 6.15. The molecule has 1 aliphatic rings. The van der Waals surface area contributed by atoms with Gasteiger partial charge in [0.15, 0.2) is 0 Å². The molecular weight excluding hydrogens is 198 g/mol. The van der Waals surface area contributed by atoms with Gasteiger partial charge >= 0.3 is 0 Å². The van der Waals surface area contributed by atoms with Crippen LogP contribution in [-0.2, 0) is 6.42 Å². The highest BCUT2D eigenvalue weighted by Gasteiger charge is 2.44. The summed E-state index contributed by atoms with van der Waals surface area (Å²) in [6, 6.07) is 8.15. The van der Waals surface area contributed by atoms with E-state index in [9.17, 15) is 5.11 Å². The Labute approximate surface area is 97.7 Å². The Kier molecular flexibility index (Phi) is 3.20. The molecule has 0 amide bonds. The molecule has 1 aliphatic carbocycles. The summed E-state index contributed by atoms with van der Waals surface area (Å²) in [6.07, 6.45) is 3.73. The second kappa shape index (κ2) is 4.46. The van der Waals surface area contributed by atoms with Gasteiger partial charge < -0.3 is 10.4 Å². The molecule has 1 aromatic rings. The van der Waals surface area contributed by atoms with Crippen molar-refractivity contribution in [3.8, 4) is 5.75 Å². The van der Waals surface area contributed by atoms with Gasteiger partial charge in [0, 0.05) is 6.04 Å². The van der Waals surface area contributed by atoms with Crippen LogP contribution in [0.4, 0.5) is 0 Å². The van der Waals surface area contributed by atoms with E-state index in [0.717, 1.165) is 13.0 Å². The van der Waals surface area contributed by atoms with Gasteiger partial charge in [0.1, 0.15) is 5.75 Å². The first kappa shape index (κ1) is 11.5. The lowest BCUT2D eigenvalue weighted by molar-refractivity contribution is 0.360. The third-order valence-electron chi connectivity index (χ3n) is 3.71. The Morgan fingerprint density at radius 3 is 2.44 bits per heavy atom. The Morgan fingerprint density at radius 1 is 1.31 bits per heavy atom. The number of phenols is 1. The van der Waals surface area contributed by atoms with Crippen LogP contribution in [0.2, 0.25) is 0 Å². The number of nitrogens with one attached hydrogen (secondary N) is 1. The maximum absolute atomic E-state index is 9.25. The zero-order valence-corrected chi connectivity index (χ0v) is 10.2. The molecule has 0 spiro atoms. The smallest absolute Gasteiger partial charge is 0.115 e. The number of hydrogen-bond donors (Lipinski definition) is 2. The number of hydrogen-bond acceptors (Lipinski definition) is 2. The lowest BCUT2D eigenvalue weighted by Gasteiger charge is -2.24. The lowest BCUT2D eigenvalue weighted by Crippen LogP contribution is -2.37. The summed E-state index contributed by atoms with van der Waals surface area (Å²) in [5.74, 6) is 0.349. The molecule has 2 nitrogen and oxygen atoms in total. The van der Waals surface area contributed by atoms with Crippen molar-refractivity contribution >= 4 is 0 Å². The normalized spacial score (nSPS) is 19.4. The number of phenolic OH excluding ortho intramolecular Hbond substituents is 1. The third-order valence-corrected chi connectivity index (χ3v) is 3.71. The van der Waals surface area contributed by atoms with E-state index in [2.05, 4.69) is 19.2 Å². The van der Waals surface area contributed by atoms with Crippen LogP contribution in [0.25, 0.3) is 0 Å². The molecule has 88 valence electrons. The monoisotopic (exact) mass is 219 g/mol. The average Bonchev–Trinajstić information content (AvgIpc) is 3.00. The maximum Gasteiger partial charge on any atom is 0.115 e. The van der Waals surface area contributed by atoms with Crippen LogP contribution < -0.4 is 5.32 Å². The van der Waals surface area contributed by atoms with E-state index < -0.39 is 0 Å². The van der Waals surface area contributed by atoms with E-state index in [1.165, 1.54) is 18.4 Å². The van der Waals surface area contributed by atoms with Crippen LogP contribution in [0.5, 0.6) is 5.75 Å². The third kappa shape index (κ3) is 2.56. The molecule has 1 saturated carbocycles. The zero-order chi connectivity index (χ0) is 11.6. The minimum atomic E-state index is 0.349. The second-order valence-electron chi connectivity index (χ2n) is 5.13. The molecule has 1 aromatic carbocycles. The van der Waals surface area contributed by atoms with Crippen molar-refractivity contribution in [1.29, 1.82) is 0 Å². The van der Waals surface area contributed by atoms with Crippen LogP contribution in [0, 0.1) is 5.41 Å². The van der Waals surface area contributed by atoms with Crippen LogP contribution in [0.15, 0.2) is 24.3 Å². The molecule has 1 unspecified atom stereocenters. The fourth-order valence-corrected chi connectivity index (χ4v) is 2.22. The highest BCUT2D eigenvalue weighted by Crippen LogP contribution is 2.48. The lowest BCUT2D eigenvalue weighted by atomic mass is 9.92. The first-order valence-electron chi connectivity index (χ1n) is 6.15. The van der Waals surface area contributed by atoms with Crippen molar-refractivity contribution in [1.82, 2.24) is 5.32 Å². The first-order chi connectivity index (χ1) is 7.64. The fraction of sp³-hybridized carbons (Fsp3) is 0.571. The van der Waals surface area contributed by atoms with Crippen molar-refractivity contribution in [3.63, 3.8) is 0 Å². The molecular formula is C14H21NO. The van der Waals surface area contributed by atoms with E-state index in [-0.39, 0.29) is 0 Å². The standard InChI is InChI=1S/C14H21NO/c1-3-15-13(14(2)8-9-14)10-11-4-6-12(16)7-5-11/h4-7,13,15-16H,3,8-10H2,1-2H3. The van der Waals surface area contributed by atoms with Gasteiger partial charge in [-0.1, -0.05) is 26.0 Å². The molecule has 0 radical (unpaired) electrons. The van der Waals surface area contributed by atoms with Crippen LogP contribution in [-0.4, -0.2) is 17.7 Å².